The molecule has 0 aliphatic rings. The molecule has 2 rings (SSSR count). The molecular formula is C17H13BrF2O4. The fraction of sp³-hybridized carbons (Fsp3) is 0.176. The second-order valence-electron chi connectivity index (χ2n) is 4.81. The molecule has 0 atom stereocenters. The molecule has 0 heterocycles. The van der Waals surface area contributed by atoms with Crippen molar-refractivity contribution in [3.63, 3.8) is 0 Å². The monoisotopic (exact) mass is 398 g/mol. The maximum Gasteiger partial charge on any atom is 0.311 e. The van der Waals surface area contributed by atoms with Crippen molar-refractivity contribution in [1.29, 1.82) is 0 Å². The van der Waals surface area contributed by atoms with E-state index < -0.39 is 23.6 Å². The standard InChI is InChI=1S/C17H13BrF2O4/c18-12-10-11(19)8-9-14(12)23-16(21)6-3-7-17(22)24-15-5-2-1-4-13(15)20/h1-2,4-5,8-10H,3,6-7H2. The average Bonchev–Trinajstić information content (AvgIpc) is 2.52. The van der Waals surface area contributed by atoms with Crippen LogP contribution in [-0.2, 0) is 9.59 Å². The van der Waals surface area contributed by atoms with Crippen LogP contribution in [0.4, 0.5) is 8.78 Å². The smallest absolute Gasteiger partial charge is 0.311 e. The molecule has 2 aromatic rings. The molecule has 0 saturated heterocycles. The van der Waals surface area contributed by atoms with Crippen LogP contribution in [-0.4, -0.2) is 11.9 Å². The summed E-state index contributed by atoms with van der Waals surface area (Å²) in [6.07, 6.45) is 0.0924. The molecule has 0 fully saturated rings. The van der Waals surface area contributed by atoms with Gasteiger partial charge in [0.05, 0.1) is 4.47 Å². The highest BCUT2D eigenvalue weighted by molar-refractivity contribution is 9.10. The largest absolute Gasteiger partial charge is 0.425 e. The molecule has 0 unspecified atom stereocenters. The summed E-state index contributed by atoms with van der Waals surface area (Å²) in [5.41, 5.74) is 0. The van der Waals surface area contributed by atoms with Gasteiger partial charge in [-0.25, -0.2) is 8.78 Å². The normalized spacial score (nSPS) is 10.3. The van der Waals surface area contributed by atoms with Crippen molar-refractivity contribution in [3.8, 4) is 11.5 Å². The van der Waals surface area contributed by atoms with Crippen LogP contribution in [0.3, 0.4) is 0 Å². The van der Waals surface area contributed by atoms with Gasteiger partial charge in [-0.15, -0.1) is 0 Å². The van der Waals surface area contributed by atoms with Crippen molar-refractivity contribution < 1.29 is 27.8 Å². The Morgan fingerprint density at radius 1 is 0.917 bits per heavy atom. The zero-order chi connectivity index (χ0) is 17.5. The Balaban J connectivity index is 1.76. The molecule has 0 aromatic heterocycles. The summed E-state index contributed by atoms with van der Waals surface area (Å²) in [4.78, 5) is 23.3. The van der Waals surface area contributed by atoms with Gasteiger partial charge in [-0.2, -0.15) is 0 Å². The third kappa shape index (κ3) is 5.42. The molecule has 0 spiro atoms. The van der Waals surface area contributed by atoms with E-state index in [1.165, 1.54) is 36.4 Å². The fourth-order valence-corrected chi connectivity index (χ4v) is 2.24. The number of rotatable bonds is 6. The predicted octanol–water partition coefficient (Wildman–Crippen LogP) is 4.41. The first kappa shape index (κ1) is 18.1. The first-order valence-corrected chi connectivity index (χ1v) is 7.86. The summed E-state index contributed by atoms with van der Waals surface area (Å²) < 4.78 is 36.5. The lowest BCUT2D eigenvalue weighted by atomic mass is 10.2. The third-order valence-corrected chi connectivity index (χ3v) is 3.56. The van der Waals surface area contributed by atoms with Gasteiger partial charge in [0.15, 0.2) is 11.6 Å². The second kappa shape index (κ2) is 8.54. The Morgan fingerprint density at radius 2 is 1.54 bits per heavy atom. The van der Waals surface area contributed by atoms with E-state index in [4.69, 9.17) is 9.47 Å². The summed E-state index contributed by atoms with van der Waals surface area (Å²) in [6.45, 7) is 0. The number of benzene rings is 2. The van der Waals surface area contributed by atoms with Gasteiger partial charge >= 0.3 is 11.9 Å². The SMILES string of the molecule is O=C(CCCC(=O)Oc1ccc(F)cc1Br)Oc1ccccc1F. The van der Waals surface area contributed by atoms with E-state index in [1.54, 1.807) is 6.07 Å². The molecule has 0 saturated carbocycles. The highest BCUT2D eigenvalue weighted by Gasteiger charge is 2.12. The van der Waals surface area contributed by atoms with Crippen LogP contribution in [0.1, 0.15) is 19.3 Å². The summed E-state index contributed by atoms with van der Waals surface area (Å²) in [7, 11) is 0. The van der Waals surface area contributed by atoms with Crippen LogP contribution >= 0.6 is 15.9 Å². The van der Waals surface area contributed by atoms with E-state index >= 15 is 0 Å². The minimum Gasteiger partial charge on any atom is -0.425 e. The van der Waals surface area contributed by atoms with Crippen molar-refractivity contribution in [2.24, 2.45) is 0 Å². The van der Waals surface area contributed by atoms with Crippen LogP contribution < -0.4 is 9.47 Å². The quantitative estimate of drug-likeness (QED) is 0.534. The minimum absolute atomic E-state index is 0.0316. The lowest BCUT2D eigenvalue weighted by Crippen LogP contribution is -2.12. The molecule has 4 nitrogen and oxygen atoms in total. The predicted molar refractivity (Wildman–Crippen MR) is 85.6 cm³/mol. The van der Waals surface area contributed by atoms with Crippen LogP contribution in [0, 0.1) is 11.6 Å². The molecule has 0 aliphatic carbocycles. The summed E-state index contributed by atoms with van der Waals surface area (Å²) in [6, 6.07) is 9.21. The van der Waals surface area contributed by atoms with Gasteiger partial charge in [0.1, 0.15) is 11.6 Å². The third-order valence-electron chi connectivity index (χ3n) is 2.94. The topological polar surface area (TPSA) is 52.6 Å². The first-order valence-electron chi connectivity index (χ1n) is 7.06. The average molecular weight is 399 g/mol. The van der Waals surface area contributed by atoms with Crippen molar-refractivity contribution in [1.82, 2.24) is 0 Å². The summed E-state index contributed by atoms with van der Waals surface area (Å²) >= 11 is 3.08. The number of ether oxygens (including phenoxy) is 2. The highest BCUT2D eigenvalue weighted by Crippen LogP contribution is 2.26. The molecular weight excluding hydrogens is 386 g/mol. The molecule has 0 radical (unpaired) electrons. The number of halogens is 3. The number of para-hydroxylation sites is 1. The molecule has 0 N–H and O–H groups in total. The molecule has 2 aromatic carbocycles. The number of hydrogen-bond donors (Lipinski definition) is 0. The van der Waals surface area contributed by atoms with Crippen molar-refractivity contribution in [3.05, 3.63) is 58.6 Å². The molecule has 24 heavy (non-hydrogen) atoms. The number of carbonyl (C=O) groups excluding carboxylic acids is 2. The van der Waals surface area contributed by atoms with Gasteiger partial charge in [-0.05, 0) is 52.7 Å². The van der Waals surface area contributed by atoms with Crippen molar-refractivity contribution in [2.75, 3.05) is 0 Å². The minimum atomic E-state index is -0.643. The van der Waals surface area contributed by atoms with Gasteiger partial charge in [0, 0.05) is 12.8 Å². The van der Waals surface area contributed by atoms with E-state index in [2.05, 4.69) is 15.9 Å². The van der Waals surface area contributed by atoms with Gasteiger partial charge in [-0.1, -0.05) is 12.1 Å². The van der Waals surface area contributed by atoms with Gasteiger partial charge < -0.3 is 9.47 Å². The molecule has 0 aliphatic heterocycles. The van der Waals surface area contributed by atoms with E-state index in [0.717, 1.165) is 0 Å². The molecule has 0 bridgehead atoms. The maximum absolute atomic E-state index is 13.3. The Bertz CT molecular complexity index is 749. The van der Waals surface area contributed by atoms with Crippen LogP contribution in [0.15, 0.2) is 46.9 Å². The van der Waals surface area contributed by atoms with Crippen LogP contribution in [0.25, 0.3) is 0 Å². The van der Waals surface area contributed by atoms with Gasteiger partial charge in [0.2, 0.25) is 0 Å². The second-order valence-corrected chi connectivity index (χ2v) is 5.66. The Kier molecular flexibility index (Phi) is 6.43. The molecule has 126 valence electrons. The first-order chi connectivity index (χ1) is 11.5. The number of esters is 2. The summed E-state index contributed by atoms with van der Waals surface area (Å²) in [5.74, 6) is -2.27. The van der Waals surface area contributed by atoms with Crippen molar-refractivity contribution in [2.45, 2.75) is 19.3 Å². The Labute approximate surface area is 145 Å². The molecule has 7 heteroatoms. The Hall–Kier alpha value is -2.28. The van der Waals surface area contributed by atoms with Crippen LogP contribution in [0.5, 0.6) is 11.5 Å². The van der Waals surface area contributed by atoms with E-state index in [9.17, 15) is 18.4 Å². The van der Waals surface area contributed by atoms with Gasteiger partial charge in [-0.3, -0.25) is 9.59 Å². The lowest BCUT2D eigenvalue weighted by molar-refractivity contribution is -0.136. The fourth-order valence-electron chi connectivity index (χ4n) is 1.81. The number of hydrogen-bond acceptors (Lipinski definition) is 4. The van der Waals surface area contributed by atoms with Crippen molar-refractivity contribution >= 4 is 27.9 Å². The zero-order valence-corrected chi connectivity index (χ0v) is 14.0. The Morgan fingerprint density at radius 3 is 2.17 bits per heavy atom. The lowest BCUT2D eigenvalue weighted by Gasteiger charge is -2.07. The molecule has 0 amide bonds. The maximum atomic E-state index is 13.3. The zero-order valence-electron chi connectivity index (χ0n) is 12.4. The van der Waals surface area contributed by atoms with Crippen LogP contribution in [0.2, 0.25) is 0 Å². The van der Waals surface area contributed by atoms with E-state index in [-0.39, 0.29) is 30.8 Å². The highest BCUT2D eigenvalue weighted by atomic mass is 79.9. The van der Waals surface area contributed by atoms with E-state index in [1.807, 2.05) is 0 Å². The summed E-state index contributed by atoms with van der Waals surface area (Å²) in [5, 5.41) is 0. The number of carbonyl (C=O) groups is 2. The van der Waals surface area contributed by atoms with E-state index in [0.29, 0.717) is 4.47 Å². The van der Waals surface area contributed by atoms with Gasteiger partial charge in [0.25, 0.3) is 0 Å².